The molecule has 2 saturated carbocycles. The molecule has 6 aromatic carbocycles. The van der Waals surface area contributed by atoms with E-state index in [9.17, 15) is 24.3 Å². The summed E-state index contributed by atoms with van der Waals surface area (Å²) in [5, 5.41) is 22.7. The molecule has 9 aromatic rings. The summed E-state index contributed by atoms with van der Waals surface area (Å²) in [7, 11) is 5.54. The van der Waals surface area contributed by atoms with Gasteiger partial charge in [0.2, 0.25) is 0 Å². The van der Waals surface area contributed by atoms with E-state index in [1.54, 1.807) is 60.0 Å². The molecule has 3 aliphatic rings. The number of aromatic nitrogens is 3. The number of nitrogens with one attached hydrogen (secondary N) is 1. The molecule has 101 heavy (non-hydrogen) atoms. The molecule has 14 heteroatoms. The van der Waals surface area contributed by atoms with Gasteiger partial charge in [-0.2, -0.15) is 0 Å². The lowest BCUT2D eigenvalue weighted by atomic mass is 9.85. The van der Waals surface area contributed by atoms with Gasteiger partial charge in [-0.1, -0.05) is 159 Å². The molecule has 1 unspecified atom stereocenters. The first kappa shape index (κ1) is 75.6. The Morgan fingerprint density at radius 1 is 0.495 bits per heavy atom. The van der Waals surface area contributed by atoms with Crippen molar-refractivity contribution >= 4 is 23.9 Å². The molecule has 0 radical (unpaired) electrons. The summed E-state index contributed by atoms with van der Waals surface area (Å²) in [6.07, 6.45) is 21.8. The number of carbonyl (C=O) groups is 4. The van der Waals surface area contributed by atoms with E-state index in [4.69, 9.17) is 9.84 Å². The van der Waals surface area contributed by atoms with Crippen molar-refractivity contribution in [2.24, 2.45) is 23.7 Å². The number of hydrogen-bond donors (Lipinski definition) is 3. The van der Waals surface area contributed by atoms with Gasteiger partial charge in [-0.25, -0.2) is 9.59 Å². The average molecular weight is 1360 g/mol. The number of aliphatic hydroxyl groups is 1. The van der Waals surface area contributed by atoms with E-state index in [-0.39, 0.29) is 42.0 Å². The number of rotatable bonds is 21. The van der Waals surface area contributed by atoms with Crippen LogP contribution in [0.15, 0.2) is 237 Å². The van der Waals surface area contributed by atoms with Crippen molar-refractivity contribution in [3.05, 3.63) is 304 Å². The van der Waals surface area contributed by atoms with Crippen LogP contribution in [0, 0.1) is 23.7 Å². The average Bonchev–Trinajstić information content (AvgIpc) is 1.67. The molecule has 3 fully saturated rings. The molecule has 2 aliphatic carbocycles. The minimum atomic E-state index is -0.853. The predicted molar refractivity (Wildman–Crippen MR) is 402 cm³/mol. The van der Waals surface area contributed by atoms with Crippen molar-refractivity contribution in [2.45, 2.75) is 161 Å². The Hall–Kier alpha value is -9.63. The minimum Gasteiger partial charge on any atom is -0.478 e. The van der Waals surface area contributed by atoms with Crippen LogP contribution < -0.4 is 5.32 Å². The maximum absolute atomic E-state index is 13.4. The molecule has 1 saturated heterocycles. The smallest absolute Gasteiger partial charge is 0.410 e. The Kier molecular flexibility index (Phi) is 28.2. The van der Waals surface area contributed by atoms with Gasteiger partial charge in [-0.05, 0) is 233 Å². The topological polar surface area (TPSA) is 178 Å². The molecule has 3 amide bonds. The van der Waals surface area contributed by atoms with Gasteiger partial charge in [-0.15, -0.1) is 0 Å². The Morgan fingerprint density at radius 3 is 1.35 bits per heavy atom. The van der Waals surface area contributed by atoms with Gasteiger partial charge in [0.25, 0.3) is 11.8 Å². The fourth-order valence-electron chi connectivity index (χ4n) is 14.6. The van der Waals surface area contributed by atoms with E-state index in [0.29, 0.717) is 47.5 Å². The van der Waals surface area contributed by atoms with Crippen molar-refractivity contribution in [2.75, 3.05) is 21.1 Å². The molecule has 1 aliphatic heterocycles. The maximum atomic E-state index is 13.4. The number of benzene rings is 6. The number of aromatic carboxylic acids is 1. The number of pyridine rings is 3. The molecular formula is C87H103N7O7. The van der Waals surface area contributed by atoms with E-state index in [1.807, 2.05) is 179 Å². The van der Waals surface area contributed by atoms with Crippen LogP contribution in [0.2, 0.25) is 0 Å². The van der Waals surface area contributed by atoms with Crippen molar-refractivity contribution < 1.29 is 34.1 Å². The molecule has 0 bridgehead atoms. The second kappa shape index (κ2) is 37.7. The normalized spacial score (nSPS) is 18.6. The fourth-order valence-corrected chi connectivity index (χ4v) is 14.6. The number of likely N-dealkylation sites (tertiary alicyclic amines) is 1. The molecular weight excluding hydrogens is 1250 g/mol. The highest BCUT2D eigenvalue weighted by Gasteiger charge is 2.42. The molecule has 4 heterocycles. The quantitative estimate of drug-likeness (QED) is 0.0623. The number of carboxylic acid groups (broad SMARTS) is 1. The second-order valence-electron chi connectivity index (χ2n) is 28.8. The van der Waals surface area contributed by atoms with Gasteiger partial charge >= 0.3 is 12.1 Å². The van der Waals surface area contributed by atoms with Crippen LogP contribution in [-0.4, -0.2) is 103 Å². The maximum Gasteiger partial charge on any atom is 0.410 e. The lowest BCUT2D eigenvalue weighted by Crippen LogP contribution is -2.46. The molecule has 12 rings (SSSR count). The number of aliphatic hydroxyl groups excluding tert-OH is 1. The minimum absolute atomic E-state index is 0.0160. The zero-order chi connectivity index (χ0) is 71.7. The first-order valence-electron chi connectivity index (χ1n) is 36.0. The van der Waals surface area contributed by atoms with Crippen molar-refractivity contribution in [1.29, 1.82) is 0 Å². The Balaban J connectivity index is 0.000000169. The molecule has 14 nitrogen and oxygen atoms in total. The zero-order valence-corrected chi connectivity index (χ0v) is 60.2. The fraction of sp³-hybridized carbons (Fsp3) is 0.368. The second-order valence-corrected chi connectivity index (χ2v) is 28.8. The van der Waals surface area contributed by atoms with Gasteiger partial charge in [0.1, 0.15) is 5.60 Å². The molecule has 0 spiro atoms. The largest absolute Gasteiger partial charge is 0.478 e. The van der Waals surface area contributed by atoms with Gasteiger partial charge in [0.15, 0.2) is 0 Å². The Labute approximate surface area is 599 Å². The zero-order valence-electron chi connectivity index (χ0n) is 60.2. The molecule has 3 N–H and O–H groups in total. The van der Waals surface area contributed by atoms with Crippen LogP contribution in [0.1, 0.15) is 185 Å². The lowest BCUT2D eigenvalue weighted by Gasteiger charge is -2.35. The highest BCUT2D eigenvalue weighted by atomic mass is 16.6. The van der Waals surface area contributed by atoms with Crippen LogP contribution in [-0.2, 0) is 43.6 Å². The van der Waals surface area contributed by atoms with E-state index < -0.39 is 11.6 Å². The van der Waals surface area contributed by atoms with Crippen LogP contribution in [0.3, 0.4) is 0 Å². The molecule has 528 valence electrons. The molecule has 3 aromatic heterocycles. The van der Waals surface area contributed by atoms with E-state index in [1.165, 1.54) is 47.1 Å². The third-order valence-electron chi connectivity index (χ3n) is 20.0. The number of ether oxygens (including phenoxy) is 1. The number of carbonyl (C=O) groups excluding carboxylic acids is 3. The first-order valence-corrected chi connectivity index (χ1v) is 36.0. The highest BCUT2D eigenvalue weighted by molar-refractivity contribution is 5.94. The Bertz CT molecular complexity index is 3940. The Morgan fingerprint density at radius 2 is 0.911 bits per heavy atom. The number of hydrogen-bond acceptors (Lipinski definition) is 10. The summed E-state index contributed by atoms with van der Waals surface area (Å²) in [4.78, 5) is 67.6. The van der Waals surface area contributed by atoms with E-state index in [0.717, 1.165) is 92.0 Å². The van der Waals surface area contributed by atoms with Crippen molar-refractivity contribution in [1.82, 2.24) is 35.0 Å². The summed E-state index contributed by atoms with van der Waals surface area (Å²) >= 11 is 0. The van der Waals surface area contributed by atoms with Gasteiger partial charge in [-0.3, -0.25) is 24.5 Å². The predicted octanol–water partition coefficient (Wildman–Crippen LogP) is 17.5. The SMILES string of the molecule is CN(Cc1cccnc1)C(=O)c1ccc(C[C@@H]2CC[C@H]([C@H](O)c3ccccc3)C2)cc1.CNCc1cccnc1.C[C@H](c1ccccc1)[C@H]1CCC(Cc2ccc(C(=O)O)cc2)C1.C[C@H](c1ccccc1)[C@H]1CC[C@@H](Cc2ccc(C(=O)N(C)Cc3cccnc3)cc2)N1C(=O)OC(C)(C)C. The van der Waals surface area contributed by atoms with Crippen molar-refractivity contribution in [3.63, 3.8) is 0 Å². The summed E-state index contributed by atoms with van der Waals surface area (Å²) in [5.74, 6) is 2.35. The number of carboxylic acids is 1. The summed E-state index contributed by atoms with van der Waals surface area (Å²) < 4.78 is 5.86. The lowest BCUT2D eigenvalue weighted by molar-refractivity contribution is 0.0126. The van der Waals surface area contributed by atoms with Crippen molar-refractivity contribution in [3.8, 4) is 0 Å². The number of amides is 3. The van der Waals surface area contributed by atoms with E-state index >= 15 is 0 Å². The monoisotopic (exact) mass is 1360 g/mol. The van der Waals surface area contributed by atoms with Crippen LogP contribution in [0.4, 0.5) is 4.79 Å². The summed E-state index contributed by atoms with van der Waals surface area (Å²) in [6.45, 7) is 12.2. The summed E-state index contributed by atoms with van der Waals surface area (Å²) in [6, 6.07) is 66.1. The summed E-state index contributed by atoms with van der Waals surface area (Å²) in [5.41, 5.74) is 11.7. The van der Waals surface area contributed by atoms with Crippen LogP contribution in [0.5, 0.6) is 0 Å². The third-order valence-corrected chi connectivity index (χ3v) is 20.0. The van der Waals surface area contributed by atoms with E-state index in [2.05, 4.69) is 88.7 Å². The molecule has 9 atom stereocenters. The standard InChI is InChI=1S/C32H39N3O3.C27H30N2O2.C21H24O2.C7H10N2/c1-23(26-11-7-6-8-12-26)29-18-17-28(35(29)31(37)38-32(2,3)4)20-24-13-15-27(16-14-24)30(36)34(5)22-25-10-9-19-33-21-25;1-29(19-22-6-5-15-28-18-22)27(31)24-12-9-20(10-13-24)16-21-11-14-25(17-21)26(30)23-7-3-2-4-8-23;1-15(18-5-3-2-4-6-18)20-12-9-17(14-20)13-16-7-10-19(11-8-16)21(22)23;1-8-5-7-3-2-4-9-6-7/h6-16,19,21,23,28-29H,17-18,20,22H2,1-5H3;2-10,12-13,15,18,21,25-26,30H,11,14,16-17,19H2,1H3;2-8,10-11,15,17,20H,9,12-14H2,1H3,(H,22,23);2-4,6,8H,5H2,1H3/t23-,28+,29-;21-,25-,26+;15-,17?,20+;/m101./s1. The van der Waals surface area contributed by atoms with Gasteiger partial charge in [0, 0.05) is 100 Å². The highest BCUT2D eigenvalue weighted by Crippen LogP contribution is 2.43. The van der Waals surface area contributed by atoms with Gasteiger partial charge < -0.3 is 35.0 Å². The number of nitrogens with zero attached hydrogens (tertiary/aromatic N) is 6. The third kappa shape index (κ3) is 22.9. The van der Waals surface area contributed by atoms with Crippen LogP contribution in [0.25, 0.3) is 0 Å². The first-order chi connectivity index (χ1) is 48.8. The van der Waals surface area contributed by atoms with Gasteiger partial charge in [0.05, 0.1) is 11.7 Å². The van der Waals surface area contributed by atoms with Crippen LogP contribution >= 0.6 is 0 Å².